The van der Waals surface area contributed by atoms with Gasteiger partial charge in [-0.05, 0) is 38.4 Å². The van der Waals surface area contributed by atoms with E-state index in [2.05, 4.69) is 25.5 Å². The van der Waals surface area contributed by atoms with Crippen LogP contribution in [0.2, 0.25) is 5.02 Å². The molecule has 1 aliphatic heterocycles. The van der Waals surface area contributed by atoms with E-state index in [1.165, 1.54) is 22.4 Å². The number of pyridine rings is 1. The van der Waals surface area contributed by atoms with E-state index in [-0.39, 0.29) is 24.2 Å². The maximum Gasteiger partial charge on any atom is 0.288 e. The zero-order valence-corrected chi connectivity index (χ0v) is 22.7. The molecule has 3 amide bonds. The molecule has 0 saturated heterocycles. The highest BCUT2D eigenvalue weighted by Gasteiger charge is 2.37. The Balaban J connectivity index is 1.45. The largest absolute Gasteiger partial charge is 0.349 e. The molecule has 3 atom stereocenters. The third kappa shape index (κ3) is 6.71. The van der Waals surface area contributed by atoms with E-state index in [1.54, 1.807) is 26.2 Å². The summed E-state index contributed by atoms with van der Waals surface area (Å²) in [5, 5.41) is 6.61. The lowest BCUT2D eigenvalue weighted by molar-refractivity contribution is -0.138. The predicted octanol–water partition coefficient (Wildman–Crippen LogP) is 1.46. The fourth-order valence-electron chi connectivity index (χ4n) is 4.75. The second-order valence-corrected chi connectivity index (χ2v) is 11.4. The minimum absolute atomic E-state index is 0.0262. The normalized spacial score (nSPS) is 21.6. The van der Waals surface area contributed by atoms with Crippen LogP contribution in [-0.4, -0.2) is 83.0 Å². The maximum absolute atomic E-state index is 13.2. The lowest BCUT2D eigenvalue weighted by Gasteiger charge is -2.37. The van der Waals surface area contributed by atoms with Gasteiger partial charge in [0.2, 0.25) is 11.7 Å². The number of rotatable bonds is 7. The molecule has 2 aromatic heterocycles. The molecule has 0 spiro atoms. The average molecular weight is 547 g/mol. The fraction of sp³-hybridized carbons (Fsp3) is 0.520. The van der Waals surface area contributed by atoms with Crippen molar-refractivity contribution in [2.24, 2.45) is 5.92 Å². The number of hydrogen-bond donors (Lipinski definition) is 2. The minimum Gasteiger partial charge on any atom is -0.349 e. The number of Topliss-reactive ketones (excluding diaryl/α,β-unsaturated/α-hetero) is 1. The first kappa shape index (κ1) is 27.2. The van der Waals surface area contributed by atoms with Crippen molar-refractivity contribution in [2.75, 3.05) is 27.7 Å². The van der Waals surface area contributed by atoms with Crippen LogP contribution in [0.1, 0.15) is 45.3 Å². The number of fused-ring (bicyclic) bond motifs is 1. The summed E-state index contributed by atoms with van der Waals surface area (Å²) >= 11 is 7.21. The van der Waals surface area contributed by atoms with Crippen LogP contribution < -0.4 is 10.6 Å². The third-order valence-corrected chi connectivity index (χ3v) is 8.08. The van der Waals surface area contributed by atoms with Crippen molar-refractivity contribution >= 4 is 46.4 Å². The lowest BCUT2D eigenvalue weighted by atomic mass is 9.81. The Morgan fingerprint density at radius 1 is 1.16 bits per heavy atom. The Kier molecular flexibility index (Phi) is 8.56. The topological polar surface area (TPSA) is 125 Å². The number of halogens is 1. The number of likely N-dealkylation sites (N-methyl/N-ethyl adjacent to an activating group) is 1. The molecule has 10 nitrogen and oxygen atoms in total. The third-order valence-electron chi connectivity index (χ3n) is 6.77. The summed E-state index contributed by atoms with van der Waals surface area (Å²) in [4.78, 5) is 64.6. The summed E-state index contributed by atoms with van der Waals surface area (Å²) in [6, 6.07) is 2.19. The second-order valence-electron chi connectivity index (χ2n) is 9.85. The molecule has 3 heterocycles. The quantitative estimate of drug-likeness (QED) is 0.504. The molecule has 12 heteroatoms. The number of thiazole rings is 1. The van der Waals surface area contributed by atoms with Gasteiger partial charge in [0.25, 0.3) is 11.8 Å². The van der Waals surface area contributed by atoms with E-state index in [0.29, 0.717) is 35.0 Å². The summed E-state index contributed by atoms with van der Waals surface area (Å²) in [6.45, 7) is 1.65. The lowest BCUT2D eigenvalue weighted by Crippen LogP contribution is -2.56. The highest BCUT2D eigenvalue weighted by Crippen LogP contribution is 2.28. The molecule has 1 saturated carbocycles. The first-order valence-electron chi connectivity index (χ1n) is 12.2. The van der Waals surface area contributed by atoms with Gasteiger partial charge in [0.05, 0.1) is 23.2 Å². The molecular weight excluding hydrogens is 516 g/mol. The first-order valence-corrected chi connectivity index (χ1v) is 13.4. The van der Waals surface area contributed by atoms with Crippen LogP contribution in [-0.2, 0) is 33.8 Å². The SMILES string of the molecule is CN1CCc2nc(C(=O)N[C@@H]3C[C@@H](C(=O)N(C)C)CC[C@@H]3NC(=O)C(=O)Cc3ccc(Cl)cn3)sc2C1. The molecule has 4 rings (SSSR count). The Labute approximate surface area is 224 Å². The highest BCUT2D eigenvalue weighted by molar-refractivity contribution is 7.13. The van der Waals surface area contributed by atoms with Crippen molar-refractivity contribution in [3.63, 3.8) is 0 Å². The monoisotopic (exact) mass is 546 g/mol. The van der Waals surface area contributed by atoms with Crippen LogP contribution in [0.3, 0.4) is 0 Å². The molecule has 2 N–H and O–H groups in total. The van der Waals surface area contributed by atoms with Crippen molar-refractivity contribution < 1.29 is 19.2 Å². The number of ketones is 1. The Bertz CT molecular complexity index is 1180. The van der Waals surface area contributed by atoms with E-state index in [9.17, 15) is 19.2 Å². The second kappa shape index (κ2) is 11.7. The van der Waals surface area contributed by atoms with Crippen LogP contribution in [0.4, 0.5) is 0 Å². The molecule has 1 aliphatic carbocycles. The van der Waals surface area contributed by atoms with Gasteiger partial charge in [-0.2, -0.15) is 0 Å². The van der Waals surface area contributed by atoms with Gasteiger partial charge in [-0.3, -0.25) is 24.2 Å². The van der Waals surface area contributed by atoms with Crippen molar-refractivity contribution in [3.8, 4) is 0 Å². The Morgan fingerprint density at radius 3 is 2.65 bits per heavy atom. The van der Waals surface area contributed by atoms with E-state index in [1.807, 2.05) is 7.05 Å². The fourth-order valence-corrected chi connectivity index (χ4v) is 5.95. The van der Waals surface area contributed by atoms with Gasteiger partial charge in [0, 0.05) is 62.3 Å². The Morgan fingerprint density at radius 2 is 1.95 bits per heavy atom. The highest BCUT2D eigenvalue weighted by atomic mass is 35.5. The van der Waals surface area contributed by atoms with Gasteiger partial charge >= 0.3 is 0 Å². The summed E-state index contributed by atoms with van der Waals surface area (Å²) < 4.78 is 0. The molecule has 0 radical (unpaired) electrons. The van der Waals surface area contributed by atoms with Crippen molar-refractivity contribution in [3.05, 3.63) is 44.6 Å². The molecule has 0 bridgehead atoms. The van der Waals surface area contributed by atoms with Crippen molar-refractivity contribution in [1.82, 2.24) is 30.4 Å². The van der Waals surface area contributed by atoms with Crippen molar-refractivity contribution in [2.45, 2.75) is 50.7 Å². The van der Waals surface area contributed by atoms with E-state index >= 15 is 0 Å². The first-order chi connectivity index (χ1) is 17.6. The van der Waals surface area contributed by atoms with Crippen LogP contribution in [0, 0.1) is 5.92 Å². The molecule has 198 valence electrons. The van der Waals surface area contributed by atoms with Gasteiger partial charge in [-0.1, -0.05) is 11.6 Å². The molecule has 0 aromatic carbocycles. The number of carbonyl (C=O) groups is 4. The van der Waals surface area contributed by atoms with E-state index in [4.69, 9.17) is 11.6 Å². The van der Waals surface area contributed by atoms with Crippen LogP contribution >= 0.6 is 22.9 Å². The van der Waals surface area contributed by atoms with E-state index in [0.717, 1.165) is 30.1 Å². The van der Waals surface area contributed by atoms with Crippen LogP contribution in [0.15, 0.2) is 18.3 Å². The van der Waals surface area contributed by atoms with Crippen LogP contribution in [0.5, 0.6) is 0 Å². The van der Waals surface area contributed by atoms with Gasteiger partial charge in [0.1, 0.15) is 0 Å². The van der Waals surface area contributed by atoms with Gasteiger partial charge in [-0.25, -0.2) is 4.98 Å². The number of nitrogens with zero attached hydrogens (tertiary/aromatic N) is 4. The van der Waals surface area contributed by atoms with Gasteiger partial charge in [0.15, 0.2) is 5.01 Å². The number of aromatic nitrogens is 2. The predicted molar refractivity (Wildman–Crippen MR) is 139 cm³/mol. The molecule has 2 aliphatic rings. The average Bonchev–Trinajstić information content (AvgIpc) is 3.29. The standard InChI is InChI=1S/C25H31ClN6O4S/c1-31(2)25(36)14-4-7-17(28-22(34)20(33)11-16-6-5-15(26)12-27-16)19(10-14)29-23(35)24-30-18-8-9-32(3)13-21(18)37-24/h5-6,12,14,17,19H,4,7-11,13H2,1-3H3,(H,28,34)(H,29,35)/t14-,17-,19+/m0/s1. The van der Waals surface area contributed by atoms with E-state index < -0.39 is 23.8 Å². The zero-order chi connectivity index (χ0) is 26.7. The molecular formula is C25H31ClN6O4S. The molecule has 1 fully saturated rings. The molecule has 0 unspecified atom stereocenters. The summed E-state index contributed by atoms with van der Waals surface area (Å²) in [6.07, 6.45) is 3.40. The van der Waals surface area contributed by atoms with Gasteiger partial charge in [-0.15, -0.1) is 11.3 Å². The number of nitrogens with one attached hydrogen (secondary N) is 2. The maximum atomic E-state index is 13.2. The van der Waals surface area contributed by atoms with Crippen molar-refractivity contribution in [1.29, 1.82) is 0 Å². The Hall–Kier alpha value is -2.89. The summed E-state index contributed by atoms with van der Waals surface area (Å²) in [5.74, 6) is -2.03. The number of hydrogen-bond acceptors (Lipinski definition) is 8. The van der Waals surface area contributed by atoms with Gasteiger partial charge < -0.3 is 20.4 Å². The smallest absolute Gasteiger partial charge is 0.288 e. The zero-order valence-electron chi connectivity index (χ0n) is 21.1. The summed E-state index contributed by atoms with van der Waals surface area (Å²) in [5.41, 5.74) is 1.39. The minimum atomic E-state index is -0.744. The van der Waals surface area contributed by atoms with Crippen LogP contribution in [0.25, 0.3) is 0 Å². The number of carbonyl (C=O) groups excluding carboxylic acids is 4. The molecule has 37 heavy (non-hydrogen) atoms. The number of amides is 3. The summed E-state index contributed by atoms with van der Waals surface area (Å²) in [7, 11) is 5.43. The molecule has 2 aromatic rings.